The second kappa shape index (κ2) is 8.39. The molecular formula is C21H22N4O3. The summed E-state index contributed by atoms with van der Waals surface area (Å²) in [5.41, 5.74) is 7.10. The molecule has 0 aliphatic heterocycles. The third-order valence-corrected chi connectivity index (χ3v) is 4.30. The number of aryl methyl sites for hydroxylation is 1. The molecule has 0 aliphatic carbocycles. The van der Waals surface area contributed by atoms with E-state index in [4.69, 9.17) is 9.47 Å². The summed E-state index contributed by atoms with van der Waals surface area (Å²) in [4.78, 5) is 12.4. The fraction of sp³-hybridized carbons (Fsp3) is 0.190. The molecule has 1 amide bonds. The number of nitrogens with zero attached hydrogens (tertiary/aromatic N) is 2. The summed E-state index contributed by atoms with van der Waals surface area (Å²) in [7, 11) is 3.15. The van der Waals surface area contributed by atoms with Crippen molar-refractivity contribution < 1.29 is 14.3 Å². The van der Waals surface area contributed by atoms with Crippen LogP contribution in [0.1, 0.15) is 28.5 Å². The molecule has 1 heterocycles. The molecule has 144 valence electrons. The van der Waals surface area contributed by atoms with E-state index in [0.717, 1.165) is 11.1 Å². The van der Waals surface area contributed by atoms with Crippen molar-refractivity contribution in [3.8, 4) is 22.8 Å². The Hall–Kier alpha value is -3.61. The number of benzene rings is 2. The lowest BCUT2D eigenvalue weighted by Gasteiger charge is -2.08. The Balaban J connectivity index is 1.73. The molecule has 1 aromatic heterocycles. The van der Waals surface area contributed by atoms with Crippen LogP contribution >= 0.6 is 0 Å². The standard InChI is InChI=1S/C21H22N4O3/c1-13-5-7-15(8-6-13)14(2)22-25-21(26)18-12-17(23-24-18)16-9-10-19(27-3)20(11-16)28-4/h5-12H,1-4H3,(H,23,24)(H,25,26). The number of H-pyrrole nitrogens is 1. The van der Waals surface area contributed by atoms with Gasteiger partial charge < -0.3 is 9.47 Å². The monoisotopic (exact) mass is 378 g/mol. The maximum atomic E-state index is 12.4. The van der Waals surface area contributed by atoms with Crippen LogP contribution in [0.3, 0.4) is 0 Å². The predicted octanol–water partition coefficient (Wildman–Crippen LogP) is 3.56. The van der Waals surface area contributed by atoms with Gasteiger partial charge >= 0.3 is 0 Å². The number of ether oxygens (including phenoxy) is 2. The lowest BCUT2D eigenvalue weighted by Crippen LogP contribution is -2.19. The average molecular weight is 378 g/mol. The van der Waals surface area contributed by atoms with Crippen molar-refractivity contribution >= 4 is 11.6 Å². The summed E-state index contributed by atoms with van der Waals surface area (Å²) < 4.78 is 10.5. The molecule has 2 N–H and O–H groups in total. The van der Waals surface area contributed by atoms with Crippen molar-refractivity contribution in [2.24, 2.45) is 5.10 Å². The Morgan fingerprint density at radius 2 is 1.75 bits per heavy atom. The van der Waals surface area contributed by atoms with Gasteiger partial charge in [-0.3, -0.25) is 9.89 Å². The molecule has 0 atom stereocenters. The van der Waals surface area contributed by atoms with Crippen LogP contribution in [-0.2, 0) is 0 Å². The number of hydrogen-bond acceptors (Lipinski definition) is 5. The third-order valence-electron chi connectivity index (χ3n) is 4.30. The smallest absolute Gasteiger partial charge is 0.289 e. The molecule has 0 fully saturated rings. The molecular weight excluding hydrogens is 356 g/mol. The maximum Gasteiger partial charge on any atom is 0.289 e. The molecule has 0 saturated heterocycles. The minimum atomic E-state index is -0.370. The Morgan fingerprint density at radius 1 is 1.04 bits per heavy atom. The SMILES string of the molecule is COc1ccc(-c2cc(C(=O)NN=C(C)c3ccc(C)cc3)[nH]n2)cc1OC. The average Bonchev–Trinajstić information content (AvgIpc) is 3.22. The summed E-state index contributed by atoms with van der Waals surface area (Å²) in [5.74, 6) is 0.846. The molecule has 7 heteroatoms. The van der Waals surface area contributed by atoms with Crippen molar-refractivity contribution in [1.29, 1.82) is 0 Å². The molecule has 0 aliphatic rings. The first-order valence-electron chi connectivity index (χ1n) is 8.71. The van der Waals surface area contributed by atoms with Gasteiger partial charge in [-0.15, -0.1) is 0 Å². The summed E-state index contributed by atoms with van der Waals surface area (Å²) in [6.07, 6.45) is 0. The quantitative estimate of drug-likeness (QED) is 0.507. The lowest BCUT2D eigenvalue weighted by molar-refractivity contribution is 0.0950. The number of hydrogen-bond donors (Lipinski definition) is 2. The molecule has 0 saturated carbocycles. The Kier molecular flexibility index (Phi) is 5.74. The van der Waals surface area contributed by atoms with Gasteiger partial charge in [-0.2, -0.15) is 10.2 Å². The maximum absolute atomic E-state index is 12.4. The van der Waals surface area contributed by atoms with Crippen molar-refractivity contribution in [2.75, 3.05) is 14.2 Å². The van der Waals surface area contributed by atoms with E-state index in [1.165, 1.54) is 5.56 Å². The third kappa shape index (κ3) is 4.20. The van der Waals surface area contributed by atoms with Gasteiger partial charge in [0, 0.05) is 5.56 Å². The van der Waals surface area contributed by atoms with Crippen molar-refractivity contribution in [1.82, 2.24) is 15.6 Å². The zero-order chi connectivity index (χ0) is 20.1. The Morgan fingerprint density at radius 3 is 2.43 bits per heavy atom. The van der Waals surface area contributed by atoms with E-state index in [9.17, 15) is 4.79 Å². The first-order valence-corrected chi connectivity index (χ1v) is 8.71. The molecule has 0 radical (unpaired) electrons. The summed E-state index contributed by atoms with van der Waals surface area (Å²) in [6.45, 7) is 3.86. The number of amides is 1. The van der Waals surface area contributed by atoms with E-state index in [0.29, 0.717) is 28.6 Å². The fourth-order valence-corrected chi connectivity index (χ4v) is 2.64. The highest BCUT2D eigenvalue weighted by molar-refractivity contribution is 6.00. The van der Waals surface area contributed by atoms with Gasteiger partial charge in [0.15, 0.2) is 11.5 Å². The number of carbonyl (C=O) groups is 1. The Labute approximate surface area is 163 Å². The minimum absolute atomic E-state index is 0.310. The number of aromatic nitrogens is 2. The predicted molar refractivity (Wildman–Crippen MR) is 108 cm³/mol. The molecule has 3 aromatic rings. The van der Waals surface area contributed by atoms with Crippen molar-refractivity contribution in [3.05, 3.63) is 65.4 Å². The topological polar surface area (TPSA) is 88.6 Å². The zero-order valence-electron chi connectivity index (χ0n) is 16.2. The Bertz CT molecular complexity index is 1010. The number of carbonyl (C=O) groups excluding carboxylic acids is 1. The molecule has 3 rings (SSSR count). The van der Waals surface area contributed by atoms with Crippen LogP contribution < -0.4 is 14.9 Å². The molecule has 0 unspecified atom stereocenters. The van der Waals surface area contributed by atoms with Crippen molar-refractivity contribution in [2.45, 2.75) is 13.8 Å². The fourth-order valence-electron chi connectivity index (χ4n) is 2.64. The van der Waals surface area contributed by atoms with Crippen molar-refractivity contribution in [3.63, 3.8) is 0 Å². The molecule has 7 nitrogen and oxygen atoms in total. The second-order valence-corrected chi connectivity index (χ2v) is 6.24. The van der Waals surface area contributed by atoms with Crippen LogP contribution in [0, 0.1) is 6.92 Å². The summed E-state index contributed by atoms with van der Waals surface area (Å²) in [5, 5.41) is 11.1. The normalized spacial score (nSPS) is 11.2. The van der Waals surface area contributed by atoms with E-state index in [1.807, 2.05) is 44.2 Å². The van der Waals surface area contributed by atoms with Crippen LogP contribution in [0.4, 0.5) is 0 Å². The van der Waals surface area contributed by atoms with Crippen LogP contribution in [0.25, 0.3) is 11.3 Å². The highest BCUT2D eigenvalue weighted by atomic mass is 16.5. The zero-order valence-corrected chi connectivity index (χ0v) is 16.2. The van der Waals surface area contributed by atoms with Crippen LogP contribution in [-0.4, -0.2) is 36.0 Å². The number of rotatable bonds is 6. The van der Waals surface area contributed by atoms with Gasteiger partial charge in [0.05, 0.1) is 25.6 Å². The highest BCUT2D eigenvalue weighted by Crippen LogP contribution is 2.31. The van der Waals surface area contributed by atoms with E-state index < -0.39 is 0 Å². The highest BCUT2D eigenvalue weighted by Gasteiger charge is 2.13. The number of hydrazone groups is 1. The molecule has 28 heavy (non-hydrogen) atoms. The van der Waals surface area contributed by atoms with E-state index >= 15 is 0 Å². The number of methoxy groups -OCH3 is 2. The van der Waals surface area contributed by atoms with Gasteiger partial charge in [-0.1, -0.05) is 29.8 Å². The summed E-state index contributed by atoms with van der Waals surface area (Å²) in [6, 6.07) is 15.0. The molecule has 0 bridgehead atoms. The molecule has 0 spiro atoms. The minimum Gasteiger partial charge on any atom is -0.493 e. The van der Waals surface area contributed by atoms with Crippen LogP contribution in [0.2, 0.25) is 0 Å². The number of aromatic amines is 1. The first-order chi connectivity index (χ1) is 13.5. The first kappa shape index (κ1) is 19.2. The number of nitrogens with one attached hydrogen (secondary N) is 2. The lowest BCUT2D eigenvalue weighted by atomic mass is 10.1. The summed E-state index contributed by atoms with van der Waals surface area (Å²) >= 11 is 0. The van der Waals surface area contributed by atoms with E-state index in [1.54, 1.807) is 32.4 Å². The van der Waals surface area contributed by atoms with Gasteiger partial charge in [0.2, 0.25) is 0 Å². The molecule has 2 aromatic carbocycles. The largest absolute Gasteiger partial charge is 0.493 e. The van der Waals surface area contributed by atoms with Gasteiger partial charge in [0.1, 0.15) is 5.69 Å². The van der Waals surface area contributed by atoms with Gasteiger partial charge in [-0.25, -0.2) is 5.43 Å². The second-order valence-electron chi connectivity index (χ2n) is 6.24. The van der Waals surface area contributed by atoms with Gasteiger partial charge in [-0.05, 0) is 43.7 Å². The van der Waals surface area contributed by atoms with Gasteiger partial charge in [0.25, 0.3) is 5.91 Å². The van der Waals surface area contributed by atoms with E-state index in [-0.39, 0.29) is 5.91 Å². The van der Waals surface area contributed by atoms with Crippen LogP contribution in [0.5, 0.6) is 11.5 Å². The van der Waals surface area contributed by atoms with Crippen LogP contribution in [0.15, 0.2) is 53.6 Å². The van der Waals surface area contributed by atoms with E-state index in [2.05, 4.69) is 20.7 Å².